The Bertz CT molecular complexity index is 1150. The van der Waals surface area contributed by atoms with Crippen molar-refractivity contribution < 1.29 is 9.90 Å². The Balaban J connectivity index is 0. The summed E-state index contributed by atoms with van der Waals surface area (Å²) in [6.07, 6.45) is 15.2. The lowest BCUT2D eigenvalue weighted by Gasteiger charge is -2.17. The van der Waals surface area contributed by atoms with Gasteiger partial charge in [-0.2, -0.15) is 7.06 Å². The zero-order valence-electron chi connectivity index (χ0n) is 24.3. The predicted octanol–water partition coefficient (Wildman–Crippen LogP) is 6.11. The number of halogens is 6. The molecule has 0 saturated carbocycles. The summed E-state index contributed by atoms with van der Waals surface area (Å²) in [6, 6.07) is 0. The molecule has 0 amide bonds. The van der Waals surface area contributed by atoms with E-state index in [-0.39, 0.29) is 13.0 Å². The summed E-state index contributed by atoms with van der Waals surface area (Å²) in [5.74, 6) is 0. The minimum Gasteiger partial charge on any atom is -0.396 e. The van der Waals surface area contributed by atoms with Crippen LogP contribution in [0.5, 0.6) is 0 Å². The van der Waals surface area contributed by atoms with E-state index >= 15 is 0 Å². The van der Waals surface area contributed by atoms with Gasteiger partial charge in [-0.3, -0.25) is 15.0 Å². The largest absolute Gasteiger partial charge is 0.396 e. The molecule has 1 N–H and O–H groups in total. The van der Waals surface area contributed by atoms with Gasteiger partial charge in [-0.1, -0.05) is 105 Å². The fourth-order valence-corrected chi connectivity index (χ4v) is 4.77. The minimum absolute atomic E-state index is 0.0451. The molecule has 0 unspecified atom stereocenters. The molecule has 3 aromatic rings. The first-order chi connectivity index (χ1) is 20.7. The summed E-state index contributed by atoms with van der Waals surface area (Å²) in [6.45, 7) is 6.83. The van der Waals surface area contributed by atoms with Gasteiger partial charge >= 0.3 is 0 Å². The molecule has 3 rings (SSSR count). The number of nitrogens with zero attached hydrogens (tertiary/aromatic N) is 3. The fraction of sp³-hybridized carbons (Fsp3) is 0.407. The molecule has 0 aliphatic rings. The normalized spacial score (nSPS) is 9.80. The highest BCUT2D eigenvalue weighted by molar-refractivity contribution is 7.17. The average Bonchev–Trinajstić information content (AvgIpc) is 2.93. The van der Waals surface area contributed by atoms with Crippen molar-refractivity contribution in [2.45, 2.75) is 59.3 Å². The monoisotopic (exact) mass is 708 g/mol. The molecule has 3 aromatic heterocycles. The molecule has 5 nitrogen and oxygen atoms in total. The van der Waals surface area contributed by atoms with Crippen molar-refractivity contribution in [2.24, 2.45) is 5.41 Å². The summed E-state index contributed by atoms with van der Waals surface area (Å²) < 4.78 is 0. The molecule has 0 fully saturated rings. The lowest BCUT2D eigenvalue weighted by Crippen LogP contribution is -2.04. The Morgan fingerprint density at radius 1 is 0.727 bits per heavy atom. The second-order valence-corrected chi connectivity index (χ2v) is 12.0. The maximum atomic E-state index is 10.1. The van der Waals surface area contributed by atoms with Gasteiger partial charge in [0.15, 0.2) is 0 Å². The number of aldehydes is 1. The van der Waals surface area contributed by atoms with Crippen molar-refractivity contribution >= 4 is 121 Å². The standard InChI is InChI=1S/C13H19Cl2N.C7H7Cl2NO.C7H5Cl2NO.B3H3.B3/c1-13(2,3)7-5-4-6-10-11(14)8-16-9-12(10)15;2*8-6-3-10-4-7(9)5(6)1-2-11;2*1-3-2/h8-9H,4-7H2,1-3H3;3-4,11H,1-2H2;2-4H,1H2;1H3;/q;;;-1;. The SMILES string of the molecule is CC(C)(C)CCCCc1c(Cl)cncc1Cl.O=CCc1c(Cl)cncc1Cl.OCCc1c(Cl)cncc1Cl.[B][B][BH3-].[B][B][B]. The Labute approximate surface area is 299 Å². The number of carbonyl (C=O) groups excluding carboxylic acids is 1. The second-order valence-electron chi connectivity index (χ2n) is 9.55. The van der Waals surface area contributed by atoms with Gasteiger partial charge in [0.2, 0.25) is 0 Å². The van der Waals surface area contributed by atoms with E-state index in [0.717, 1.165) is 37.3 Å². The highest BCUT2D eigenvalue weighted by atomic mass is 35.5. The summed E-state index contributed by atoms with van der Waals surface area (Å²) in [5, 5.41) is 11.9. The molecule has 0 saturated heterocycles. The maximum Gasteiger partial charge on any atom is 0.124 e. The fourth-order valence-electron chi connectivity index (χ4n) is 3.14. The van der Waals surface area contributed by atoms with Crippen molar-refractivity contribution in [1.29, 1.82) is 0 Å². The third-order valence-corrected chi connectivity index (χ3v) is 7.06. The molecule has 0 aliphatic carbocycles. The van der Waals surface area contributed by atoms with Crippen molar-refractivity contribution in [3.05, 3.63) is 84.0 Å². The van der Waals surface area contributed by atoms with Crippen LogP contribution < -0.4 is 0 Å². The molecule has 0 atom stereocenters. The number of aliphatic hydroxyl groups excluding tert-OH is 1. The van der Waals surface area contributed by atoms with Crippen LogP contribution in [0.15, 0.2) is 37.2 Å². The number of unbranched alkanes of at least 4 members (excludes halogenated alkanes) is 1. The van der Waals surface area contributed by atoms with E-state index in [4.69, 9.17) is 82.4 Å². The Morgan fingerprint density at radius 2 is 1.05 bits per heavy atom. The zero-order chi connectivity index (χ0) is 34.1. The smallest absolute Gasteiger partial charge is 0.124 e. The molecule has 0 aliphatic heterocycles. The van der Waals surface area contributed by atoms with Crippen LogP contribution in [0.3, 0.4) is 0 Å². The van der Waals surface area contributed by atoms with E-state index in [1.807, 2.05) is 0 Å². The summed E-state index contributed by atoms with van der Waals surface area (Å²) in [7, 11) is 17.0. The lowest BCUT2D eigenvalue weighted by molar-refractivity contribution is -0.107. The molecule has 17 heteroatoms. The molecule has 0 spiro atoms. The topological polar surface area (TPSA) is 76.0 Å². The lowest BCUT2D eigenvalue weighted by atomic mass is 9.40. The molecule has 44 heavy (non-hydrogen) atoms. The number of aromatic nitrogens is 3. The number of pyridine rings is 3. The summed E-state index contributed by atoms with van der Waals surface area (Å²) in [4.78, 5) is 21.6. The van der Waals surface area contributed by atoms with E-state index in [2.05, 4.69) is 51.2 Å². The molecular weight excluding hydrogens is 676 g/mol. The molecular formula is C27H34B6Cl6N3O2-. The van der Waals surface area contributed by atoms with Crippen LogP contribution in [0.1, 0.15) is 56.7 Å². The number of aliphatic hydroxyl groups is 1. The van der Waals surface area contributed by atoms with Gasteiger partial charge in [0.1, 0.15) is 6.29 Å². The van der Waals surface area contributed by atoms with E-state index < -0.39 is 0 Å². The Hall–Kier alpha value is -0.790. The van der Waals surface area contributed by atoms with Gasteiger partial charge in [-0.05, 0) is 55.5 Å². The van der Waals surface area contributed by atoms with Crippen LogP contribution in [0.4, 0.5) is 0 Å². The molecule has 230 valence electrons. The minimum atomic E-state index is 0.0451. The van der Waals surface area contributed by atoms with E-state index in [0.29, 0.717) is 55.3 Å². The van der Waals surface area contributed by atoms with Crippen LogP contribution in [0.25, 0.3) is 0 Å². The van der Waals surface area contributed by atoms with Crippen LogP contribution >= 0.6 is 69.6 Å². The number of hydrogen-bond donors (Lipinski definition) is 1. The second kappa shape index (κ2) is 27.3. The van der Waals surface area contributed by atoms with Gasteiger partial charge in [0.25, 0.3) is 0 Å². The Morgan fingerprint density at radius 3 is 1.34 bits per heavy atom. The van der Waals surface area contributed by atoms with E-state index in [1.165, 1.54) is 37.6 Å². The average molecular weight is 710 g/mol. The number of rotatable bonds is 8. The highest BCUT2D eigenvalue weighted by Crippen LogP contribution is 2.27. The van der Waals surface area contributed by atoms with Crippen molar-refractivity contribution in [3.8, 4) is 0 Å². The first-order valence-electron chi connectivity index (χ1n) is 12.8. The summed E-state index contributed by atoms with van der Waals surface area (Å²) in [5.41, 5.74) is 2.84. The van der Waals surface area contributed by atoms with Crippen molar-refractivity contribution in [2.75, 3.05) is 6.61 Å². The van der Waals surface area contributed by atoms with Gasteiger partial charge in [0.05, 0.1) is 30.1 Å². The molecule has 0 bridgehead atoms. The highest BCUT2D eigenvalue weighted by Gasteiger charge is 2.11. The van der Waals surface area contributed by atoms with Crippen LogP contribution in [0.2, 0.25) is 30.1 Å². The molecule has 0 aromatic carbocycles. The number of hydrogen-bond acceptors (Lipinski definition) is 5. The van der Waals surface area contributed by atoms with Crippen LogP contribution in [-0.4, -0.2) is 78.0 Å². The van der Waals surface area contributed by atoms with Gasteiger partial charge in [-0.15, -0.1) is 0 Å². The van der Waals surface area contributed by atoms with Crippen LogP contribution in [-0.2, 0) is 24.1 Å². The third kappa shape index (κ3) is 21.9. The predicted molar refractivity (Wildman–Crippen MR) is 199 cm³/mol. The van der Waals surface area contributed by atoms with Crippen molar-refractivity contribution in [1.82, 2.24) is 15.0 Å². The van der Waals surface area contributed by atoms with Gasteiger partial charge in [0, 0.05) is 72.7 Å². The molecule has 3 heterocycles. The quantitative estimate of drug-likeness (QED) is 0.174. The molecule has 8 radical (unpaired) electrons. The zero-order valence-corrected chi connectivity index (χ0v) is 28.9. The first-order valence-corrected chi connectivity index (χ1v) is 15.1. The van der Waals surface area contributed by atoms with Crippen molar-refractivity contribution in [3.63, 3.8) is 0 Å². The van der Waals surface area contributed by atoms with Crippen LogP contribution in [0, 0.1) is 5.41 Å². The van der Waals surface area contributed by atoms with Gasteiger partial charge in [-0.25, -0.2) is 0 Å². The maximum absolute atomic E-state index is 10.1. The number of carbonyl (C=O) groups is 1. The summed E-state index contributed by atoms with van der Waals surface area (Å²) >= 11 is 35.0. The Kier molecular flexibility index (Phi) is 28.2. The third-order valence-electron chi connectivity index (χ3n) is 5.11. The first kappa shape index (κ1) is 45.3. The van der Waals surface area contributed by atoms with Gasteiger partial charge < -0.3 is 9.90 Å². The van der Waals surface area contributed by atoms with E-state index in [9.17, 15) is 4.79 Å². The van der Waals surface area contributed by atoms with E-state index in [1.54, 1.807) is 19.5 Å².